The fourth-order valence-electron chi connectivity index (χ4n) is 1.98. The number of carbonyl (C=O) groups is 2. The van der Waals surface area contributed by atoms with E-state index < -0.39 is 11.8 Å². The molecule has 2 aromatic heterocycles. The van der Waals surface area contributed by atoms with Crippen molar-refractivity contribution in [3.8, 4) is 10.7 Å². The van der Waals surface area contributed by atoms with Crippen molar-refractivity contribution in [2.24, 2.45) is 0 Å². The number of benzene rings is 1. The van der Waals surface area contributed by atoms with Gasteiger partial charge in [-0.2, -0.15) is 0 Å². The second kappa shape index (κ2) is 5.87. The monoisotopic (exact) mass is 310 g/mol. The van der Waals surface area contributed by atoms with Crippen LogP contribution < -0.4 is 0 Å². The first-order valence-electron chi connectivity index (χ1n) is 6.41. The van der Waals surface area contributed by atoms with E-state index in [9.17, 15) is 14.7 Å². The maximum Gasteiger partial charge on any atom is 0.355 e. The zero-order valence-corrected chi connectivity index (χ0v) is 12.1. The quantitative estimate of drug-likeness (QED) is 0.749. The molecule has 0 aliphatic rings. The van der Waals surface area contributed by atoms with Gasteiger partial charge in [-0.25, -0.2) is 14.8 Å². The molecule has 6 heteroatoms. The Kier molecular flexibility index (Phi) is 3.76. The molecule has 0 amide bonds. The minimum atomic E-state index is -1.25. The van der Waals surface area contributed by atoms with Crippen molar-refractivity contribution < 1.29 is 14.7 Å². The molecule has 0 spiro atoms. The molecule has 22 heavy (non-hydrogen) atoms. The van der Waals surface area contributed by atoms with E-state index in [0.717, 1.165) is 4.88 Å². The summed E-state index contributed by atoms with van der Waals surface area (Å²) in [6, 6.07) is 12.1. The molecular formula is C16H10N2O3S. The van der Waals surface area contributed by atoms with Crippen LogP contribution in [0.15, 0.2) is 54.0 Å². The first-order chi connectivity index (χ1) is 10.7. The molecule has 2 heterocycles. The van der Waals surface area contributed by atoms with Crippen molar-refractivity contribution in [2.75, 3.05) is 0 Å². The lowest BCUT2D eigenvalue weighted by molar-refractivity contribution is 0.0686. The first-order valence-corrected chi connectivity index (χ1v) is 7.29. The number of thiophene rings is 1. The normalized spacial score (nSPS) is 10.4. The molecule has 0 fully saturated rings. The number of rotatable bonds is 4. The maximum absolute atomic E-state index is 12.4. The van der Waals surface area contributed by atoms with Crippen LogP contribution in [-0.4, -0.2) is 26.8 Å². The van der Waals surface area contributed by atoms with Crippen molar-refractivity contribution in [3.05, 3.63) is 70.9 Å². The van der Waals surface area contributed by atoms with E-state index in [1.54, 1.807) is 36.4 Å². The summed E-state index contributed by atoms with van der Waals surface area (Å²) in [4.78, 5) is 32.8. The second-order valence-corrected chi connectivity index (χ2v) is 5.38. The van der Waals surface area contributed by atoms with E-state index in [2.05, 4.69) is 9.97 Å². The molecular weight excluding hydrogens is 300 g/mol. The summed E-state index contributed by atoms with van der Waals surface area (Å²) in [6.07, 6.45) is 1.28. The van der Waals surface area contributed by atoms with Crippen LogP contribution >= 0.6 is 11.3 Å². The van der Waals surface area contributed by atoms with Crippen molar-refractivity contribution in [1.29, 1.82) is 0 Å². The van der Waals surface area contributed by atoms with Crippen LogP contribution in [0.3, 0.4) is 0 Å². The molecule has 1 aromatic carbocycles. The summed E-state index contributed by atoms with van der Waals surface area (Å²) < 4.78 is 0. The molecule has 0 saturated carbocycles. The first kappa shape index (κ1) is 14.1. The Bertz CT molecular complexity index is 830. The Hall–Kier alpha value is -2.86. The average molecular weight is 310 g/mol. The number of hydrogen-bond donors (Lipinski definition) is 1. The van der Waals surface area contributed by atoms with Gasteiger partial charge in [0.05, 0.1) is 10.4 Å². The summed E-state index contributed by atoms with van der Waals surface area (Å²) in [7, 11) is 0. The van der Waals surface area contributed by atoms with E-state index in [1.165, 1.54) is 17.5 Å². The van der Waals surface area contributed by atoms with Crippen LogP contribution in [-0.2, 0) is 0 Å². The second-order valence-electron chi connectivity index (χ2n) is 4.43. The van der Waals surface area contributed by atoms with E-state index in [4.69, 9.17) is 0 Å². The van der Waals surface area contributed by atoms with Gasteiger partial charge in [0, 0.05) is 11.8 Å². The molecule has 0 saturated heterocycles. The predicted octanol–water partition coefficient (Wildman–Crippen LogP) is 3.13. The minimum Gasteiger partial charge on any atom is -0.476 e. The Labute approximate surface area is 129 Å². The summed E-state index contributed by atoms with van der Waals surface area (Å²) in [5, 5.41) is 11.2. The van der Waals surface area contributed by atoms with E-state index >= 15 is 0 Å². The third kappa shape index (κ3) is 2.64. The SMILES string of the molecule is O=C(c1ccccc1)c1cnc(-c2cccs2)nc1C(=O)O. The smallest absolute Gasteiger partial charge is 0.355 e. The van der Waals surface area contributed by atoms with Gasteiger partial charge in [-0.05, 0) is 11.4 Å². The number of aromatic nitrogens is 2. The molecule has 0 bridgehead atoms. The summed E-state index contributed by atoms with van der Waals surface area (Å²) in [5.74, 6) is -1.35. The van der Waals surface area contributed by atoms with Gasteiger partial charge in [0.15, 0.2) is 17.3 Å². The molecule has 3 rings (SSSR count). The zero-order chi connectivity index (χ0) is 15.5. The van der Waals surface area contributed by atoms with E-state index in [0.29, 0.717) is 11.4 Å². The van der Waals surface area contributed by atoms with Crippen molar-refractivity contribution in [1.82, 2.24) is 9.97 Å². The topological polar surface area (TPSA) is 80.2 Å². The third-order valence-electron chi connectivity index (χ3n) is 3.01. The Morgan fingerprint density at radius 2 is 1.82 bits per heavy atom. The van der Waals surface area contributed by atoms with Gasteiger partial charge < -0.3 is 5.11 Å². The number of carboxylic acids is 1. The van der Waals surface area contributed by atoms with Gasteiger partial charge in [0.25, 0.3) is 0 Å². The van der Waals surface area contributed by atoms with Gasteiger partial charge in [0.2, 0.25) is 0 Å². The van der Waals surface area contributed by atoms with E-state index in [1.807, 2.05) is 11.4 Å². The summed E-state index contributed by atoms with van der Waals surface area (Å²) >= 11 is 1.40. The Morgan fingerprint density at radius 3 is 2.45 bits per heavy atom. The van der Waals surface area contributed by atoms with Crippen molar-refractivity contribution in [3.63, 3.8) is 0 Å². The third-order valence-corrected chi connectivity index (χ3v) is 3.88. The number of aromatic carboxylic acids is 1. The number of hydrogen-bond acceptors (Lipinski definition) is 5. The molecule has 0 unspecified atom stereocenters. The predicted molar refractivity (Wildman–Crippen MR) is 82.2 cm³/mol. The van der Waals surface area contributed by atoms with Gasteiger partial charge in [0.1, 0.15) is 0 Å². The van der Waals surface area contributed by atoms with Crippen LogP contribution in [0.5, 0.6) is 0 Å². The average Bonchev–Trinajstić information content (AvgIpc) is 3.09. The minimum absolute atomic E-state index is 0.0148. The van der Waals surface area contributed by atoms with Gasteiger partial charge in [-0.15, -0.1) is 11.3 Å². The van der Waals surface area contributed by atoms with Gasteiger partial charge in [-0.1, -0.05) is 36.4 Å². The highest BCUT2D eigenvalue weighted by Crippen LogP contribution is 2.22. The molecule has 5 nitrogen and oxygen atoms in total. The van der Waals surface area contributed by atoms with Gasteiger partial charge in [-0.3, -0.25) is 4.79 Å². The van der Waals surface area contributed by atoms with Crippen LogP contribution in [0, 0.1) is 0 Å². The molecule has 1 N–H and O–H groups in total. The lowest BCUT2D eigenvalue weighted by Gasteiger charge is -2.06. The Balaban J connectivity index is 2.08. The fraction of sp³-hybridized carbons (Fsp3) is 0. The van der Waals surface area contributed by atoms with Crippen LogP contribution in [0.4, 0.5) is 0 Å². The molecule has 108 valence electrons. The highest BCUT2D eigenvalue weighted by molar-refractivity contribution is 7.13. The number of carboxylic acid groups (broad SMARTS) is 1. The maximum atomic E-state index is 12.4. The van der Waals surface area contributed by atoms with Crippen LogP contribution in [0.1, 0.15) is 26.4 Å². The van der Waals surface area contributed by atoms with Crippen LogP contribution in [0.25, 0.3) is 10.7 Å². The molecule has 0 radical (unpaired) electrons. The largest absolute Gasteiger partial charge is 0.476 e. The number of nitrogens with zero attached hydrogens (tertiary/aromatic N) is 2. The molecule has 0 atom stereocenters. The van der Waals surface area contributed by atoms with Crippen molar-refractivity contribution >= 4 is 23.1 Å². The van der Waals surface area contributed by atoms with Gasteiger partial charge >= 0.3 is 5.97 Å². The van der Waals surface area contributed by atoms with E-state index in [-0.39, 0.29) is 11.3 Å². The fourth-order valence-corrected chi connectivity index (χ4v) is 2.65. The molecule has 0 aliphatic carbocycles. The highest BCUT2D eigenvalue weighted by atomic mass is 32.1. The molecule has 0 aliphatic heterocycles. The zero-order valence-electron chi connectivity index (χ0n) is 11.3. The lowest BCUT2D eigenvalue weighted by Crippen LogP contribution is -2.13. The highest BCUT2D eigenvalue weighted by Gasteiger charge is 2.21. The number of ketones is 1. The van der Waals surface area contributed by atoms with Crippen molar-refractivity contribution in [2.45, 2.75) is 0 Å². The summed E-state index contributed by atoms with van der Waals surface area (Å²) in [6.45, 7) is 0. The molecule has 3 aromatic rings. The number of carbonyl (C=O) groups excluding carboxylic acids is 1. The van der Waals surface area contributed by atoms with Crippen LogP contribution in [0.2, 0.25) is 0 Å². The Morgan fingerprint density at radius 1 is 1.05 bits per heavy atom. The lowest BCUT2D eigenvalue weighted by atomic mass is 10.0. The summed E-state index contributed by atoms with van der Waals surface area (Å²) in [5.41, 5.74) is 0.101. The standard InChI is InChI=1S/C16H10N2O3S/c19-14(10-5-2-1-3-6-10)11-9-17-15(12-7-4-8-22-12)18-13(11)16(20)21/h1-9H,(H,20,21).